The lowest BCUT2D eigenvalue weighted by atomic mass is 10.2. The Morgan fingerprint density at radius 2 is 1.68 bits per heavy atom. The van der Waals surface area contributed by atoms with E-state index in [4.69, 9.17) is 9.15 Å². The third kappa shape index (κ3) is 4.07. The molecule has 0 aliphatic carbocycles. The summed E-state index contributed by atoms with van der Waals surface area (Å²) in [6.07, 6.45) is 1.28. The van der Waals surface area contributed by atoms with Crippen LogP contribution in [-0.2, 0) is 10.0 Å². The lowest BCUT2D eigenvalue weighted by molar-refractivity contribution is 0.302. The maximum atomic E-state index is 12.9. The molecule has 0 N–H and O–H groups in total. The molecule has 0 fully saturated rings. The van der Waals surface area contributed by atoms with Crippen molar-refractivity contribution in [3.63, 3.8) is 0 Å². The van der Waals surface area contributed by atoms with Gasteiger partial charge in [-0.2, -0.15) is 4.31 Å². The molecule has 0 saturated carbocycles. The van der Waals surface area contributed by atoms with Crippen LogP contribution < -0.4 is 10.4 Å². The molecule has 148 valence electrons. The van der Waals surface area contributed by atoms with Gasteiger partial charge in [0.05, 0.1) is 6.20 Å². The van der Waals surface area contributed by atoms with Crippen molar-refractivity contribution in [3.8, 4) is 11.6 Å². The van der Waals surface area contributed by atoms with Crippen LogP contribution in [0, 0.1) is 0 Å². The topological polar surface area (TPSA) is 89.7 Å². The molecule has 0 spiro atoms. The molecule has 1 aromatic carbocycles. The molecular weight excluding hydrogens is 380 g/mol. The largest absolute Gasteiger partial charge is 0.439 e. The van der Waals surface area contributed by atoms with Crippen LogP contribution in [0.3, 0.4) is 0 Å². The lowest BCUT2D eigenvalue weighted by Crippen LogP contribution is -2.41. The zero-order chi connectivity index (χ0) is 20.5. The highest BCUT2D eigenvalue weighted by molar-refractivity contribution is 7.89. The molecule has 2 heterocycles. The van der Waals surface area contributed by atoms with E-state index in [0.717, 1.165) is 5.39 Å². The molecule has 0 aliphatic heterocycles. The van der Waals surface area contributed by atoms with E-state index in [0.29, 0.717) is 11.3 Å². The third-order valence-electron chi connectivity index (χ3n) is 4.12. The van der Waals surface area contributed by atoms with Crippen LogP contribution in [0.1, 0.15) is 27.7 Å². The van der Waals surface area contributed by atoms with E-state index in [9.17, 15) is 13.2 Å². The Morgan fingerprint density at radius 3 is 2.29 bits per heavy atom. The molecule has 7 nitrogen and oxygen atoms in total. The van der Waals surface area contributed by atoms with Crippen molar-refractivity contribution < 1.29 is 17.6 Å². The monoisotopic (exact) mass is 402 g/mol. The van der Waals surface area contributed by atoms with Gasteiger partial charge in [-0.15, -0.1) is 0 Å². The van der Waals surface area contributed by atoms with Crippen molar-refractivity contribution in [1.29, 1.82) is 0 Å². The first kappa shape index (κ1) is 20.0. The summed E-state index contributed by atoms with van der Waals surface area (Å²) < 4.78 is 38.0. The van der Waals surface area contributed by atoms with Crippen LogP contribution in [0.2, 0.25) is 0 Å². The van der Waals surface area contributed by atoms with E-state index in [1.54, 1.807) is 24.3 Å². The summed E-state index contributed by atoms with van der Waals surface area (Å²) in [5.74, 6) is 0.660. The van der Waals surface area contributed by atoms with Gasteiger partial charge in [0.1, 0.15) is 16.2 Å². The Morgan fingerprint density at radius 1 is 1.00 bits per heavy atom. The summed E-state index contributed by atoms with van der Waals surface area (Å²) >= 11 is 0. The van der Waals surface area contributed by atoms with Gasteiger partial charge in [-0.1, -0.05) is 0 Å². The first-order valence-corrected chi connectivity index (χ1v) is 10.3. The predicted octanol–water partition coefficient (Wildman–Crippen LogP) is 3.79. The minimum atomic E-state index is -3.66. The number of hydrogen-bond acceptors (Lipinski definition) is 6. The number of pyridine rings is 1. The molecule has 0 saturated heterocycles. The second-order valence-electron chi connectivity index (χ2n) is 6.91. The number of nitrogens with zero attached hydrogens (tertiary/aromatic N) is 2. The van der Waals surface area contributed by atoms with Gasteiger partial charge in [0.2, 0.25) is 15.9 Å². The van der Waals surface area contributed by atoms with Crippen LogP contribution in [0.4, 0.5) is 0 Å². The van der Waals surface area contributed by atoms with Crippen molar-refractivity contribution >= 4 is 21.0 Å². The highest BCUT2D eigenvalue weighted by Gasteiger charge is 2.29. The average molecular weight is 402 g/mol. The number of hydrogen-bond donors (Lipinski definition) is 0. The Bertz CT molecular complexity index is 1130. The fourth-order valence-corrected chi connectivity index (χ4v) is 4.86. The average Bonchev–Trinajstić information content (AvgIpc) is 2.61. The molecule has 2 aromatic heterocycles. The van der Waals surface area contributed by atoms with Gasteiger partial charge >= 0.3 is 5.63 Å². The molecule has 0 amide bonds. The van der Waals surface area contributed by atoms with Gasteiger partial charge in [-0.05, 0) is 52.0 Å². The molecule has 0 radical (unpaired) electrons. The van der Waals surface area contributed by atoms with Gasteiger partial charge < -0.3 is 9.15 Å². The fraction of sp³-hybridized carbons (Fsp3) is 0.300. The van der Waals surface area contributed by atoms with E-state index in [-0.39, 0.29) is 22.9 Å². The van der Waals surface area contributed by atoms with Crippen LogP contribution in [0.15, 0.2) is 62.8 Å². The number of ether oxygens (including phenoxy) is 1. The van der Waals surface area contributed by atoms with Gasteiger partial charge in [0.15, 0.2) is 0 Å². The molecule has 3 rings (SSSR count). The zero-order valence-corrected chi connectivity index (χ0v) is 16.9. The minimum absolute atomic E-state index is 0.103. The van der Waals surface area contributed by atoms with Crippen LogP contribution >= 0.6 is 0 Å². The highest BCUT2D eigenvalue weighted by atomic mass is 32.2. The molecule has 0 unspecified atom stereocenters. The first-order valence-electron chi connectivity index (χ1n) is 8.90. The Hall–Kier alpha value is -2.71. The van der Waals surface area contributed by atoms with Crippen molar-refractivity contribution in [2.24, 2.45) is 0 Å². The molecule has 28 heavy (non-hydrogen) atoms. The van der Waals surface area contributed by atoms with Gasteiger partial charge in [0, 0.05) is 35.7 Å². The molecule has 0 aliphatic rings. The maximum Gasteiger partial charge on any atom is 0.336 e. The summed E-state index contributed by atoms with van der Waals surface area (Å²) in [5.41, 5.74) is -0.0501. The van der Waals surface area contributed by atoms with E-state index < -0.39 is 15.6 Å². The normalized spacial score (nSPS) is 12.2. The standard InChI is InChI=1S/C20H22N2O5S/c1-13(2)22(14(3)4)28(24,25)17-8-9-19(21-12-17)26-16-7-5-15-6-10-20(23)27-18(15)11-16/h5-14H,1-4H3. The van der Waals surface area contributed by atoms with Crippen LogP contribution in [0.5, 0.6) is 11.6 Å². The number of aromatic nitrogens is 1. The SMILES string of the molecule is CC(C)N(C(C)C)S(=O)(=O)c1ccc(Oc2ccc3ccc(=O)oc3c2)nc1. The highest BCUT2D eigenvalue weighted by Crippen LogP contribution is 2.26. The van der Waals surface area contributed by atoms with Crippen LogP contribution in [-0.4, -0.2) is 29.8 Å². The predicted molar refractivity (Wildman–Crippen MR) is 106 cm³/mol. The van der Waals surface area contributed by atoms with Crippen molar-refractivity contribution in [1.82, 2.24) is 9.29 Å². The lowest BCUT2D eigenvalue weighted by Gasteiger charge is -2.29. The maximum absolute atomic E-state index is 12.9. The summed E-state index contributed by atoms with van der Waals surface area (Å²) in [7, 11) is -3.66. The minimum Gasteiger partial charge on any atom is -0.439 e. The first-order chi connectivity index (χ1) is 13.2. The van der Waals surface area contributed by atoms with Gasteiger partial charge in [-0.25, -0.2) is 18.2 Å². The molecular formula is C20H22N2O5S. The summed E-state index contributed by atoms with van der Waals surface area (Å²) in [4.78, 5) is 15.6. The molecule has 8 heteroatoms. The number of sulfonamides is 1. The fourth-order valence-electron chi connectivity index (χ4n) is 3.08. The number of benzene rings is 1. The third-order valence-corrected chi connectivity index (χ3v) is 6.36. The van der Waals surface area contributed by atoms with Crippen molar-refractivity contribution in [2.45, 2.75) is 44.7 Å². The number of rotatable bonds is 6. The zero-order valence-electron chi connectivity index (χ0n) is 16.1. The van der Waals surface area contributed by atoms with Gasteiger partial charge in [0.25, 0.3) is 0 Å². The van der Waals surface area contributed by atoms with E-state index in [1.807, 2.05) is 27.7 Å². The second-order valence-corrected chi connectivity index (χ2v) is 8.75. The van der Waals surface area contributed by atoms with Crippen molar-refractivity contribution in [2.75, 3.05) is 0 Å². The van der Waals surface area contributed by atoms with E-state index in [2.05, 4.69) is 4.98 Å². The summed E-state index contributed by atoms with van der Waals surface area (Å²) in [6, 6.07) is 10.7. The van der Waals surface area contributed by atoms with E-state index in [1.165, 1.54) is 28.7 Å². The Kier molecular flexibility index (Phi) is 5.53. The summed E-state index contributed by atoms with van der Waals surface area (Å²) in [6.45, 7) is 7.34. The Balaban J connectivity index is 1.86. The summed E-state index contributed by atoms with van der Waals surface area (Å²) in [5, 5.41) is 0.767. The molecule has 0 atom stereocenters. The second kappa shape index (κ2) is 7.73. The number of fused-ring (bicyclic) bond motifs is 1. The molecule has 3 aromatic rings. The smallest absolute Gasteiger partial charge is 0.336 e. The van der Waals surface area contributed by atoms with Crippen molar-refractivity contribution in [3.05, 3.63) is 59.1 Å². The van der Waals surface area contributed by atoms with E-state index >= 15 is 0 Å². The van der Waals surface area contributed by atoms with Gasteiger partial charge in [-0.3, -0.25) is 0 Å². The van der Waals surface area contributed by atoms with Crippen LogP contribution in [0.25, 0.3) is 11.0 Å². The quantitative estimate of drug-likeness (QED) is 0.583. The Labute approximate surface area is 163 Å². The molecule has 0 bridgehead atoms.